The molecule has 0 saturated heterocycles. The smallest absolute Gasteiger partial charge is 0.339 e. The molecule has 0 aliphatic carbocycles. The van der Waals surface area contributed by atoms with Crippen molar-refractivity contribution in [2.24, 2.45) is 0 Å². The van der Waals surface area contributed by atoms with Crippen molar-refractivity contribution in [1.82, 2.24) is 4.98 Å². The molecule has 0 unspecified atom stereocenters. The SMILES string of the molecule is COC(=O)c1ccc(NC(=O)c2ccc(C)c(C)c2)nc1. The van der Waals surface area contributed by atoms with Gasteiger partial charge in [-0.05, 0) is 49.2 Å². The van der Waals surface area contributed by atoms with Crippen molar-refractivity contribution < 1.29 is 14.3 Å². The summed E-state index contributed by atoms with van der Waals surface area (Å²) >= 11 is 0. The summed E-state index contributed by atoms with van der Waals surface area (Å²) in [7, 11) is 1.30. The van der Waals surface area contributed by atoms with Gasteiger partial charge in [0.05, 0.1) is 12.7 Å². The van der Waals surface area contributed by atoms with Gasteiger partial charge in [0.1, 0.15) is 5.82 Å². The number of pyridine rings is 1. The van der Waals surface area contributed by atoms with E-state index in [1.54, 1.807) is 18.2 Å². The lowest BCUT2D eigenvalue weighted by Crippen LogP contribution is -2.13. The van der Waals surface area contributed by atoms with Gasteiger partial charge in [-0.15, -0.1) is 0 Å². The van der Waals surface area contributed by atoms with Crippen LogP contribution in [-0.2, 0) is 4.74 Å². The highest BCUT2D eigenvalue weighted by atomic mass is 16.5. The second-order valence-electron chi connectivity index (χ2n) is 4.68. The first-order chi connectivity index (χ1) is 10.0. The number of ether oxygens (including phenoxy) is 1. The molecule has 0 saturated carbocycles. The Morgan fingerprint density at radius 2 is 1.76 bits per heavy atom. The Morgan fingerprint density at radius 3 is 2.33 bits per heavy atom. The zero-order valence-corrected chi connectivity index (χ0v) is 12.1. The first kappa shape index (κ1) is 14.7. The van der Waals surface area contributed by atoms with Crippen LogP contribution in [0.1, 0.15) is 31.8 Å². The second kappa shape index (κ2) is 6.17. The zero-order valence-electron chi connectivity index (χ0n) is 12.1. The van der Waals surface area contributed by atoms with Crippen molar-refractivity contribution in [1.29, 1.82) is 0 Å². The number of aryl methyl sites for hydroxylation is 2. The summed E-state index contributed by atoms with van der Waals surface area (Å²) in [5.74, 6) is -0.322. The van der Waals surface area contributed by atoms with E-state index in [1.165, 1.54) is 13.3 Å². The molecule has 1 aromatic carbocycles. The largest absolute Gasteiger partial charge is 0.465 e. The summed E-state index contributed by atoms with van der Waals surface area (Å²) < 4.78 is 4.58. The summed E-state index contributed by atoms with van der Waals surface area (Å²) in [6.45, 7) is 3.94. The molecule has 1 N–H and O–H groups in total. The fraction of sp³-hybridized carbons (Fsp3) is 0.188. The van der Waals surface area contributed by atoms with Crippen molar-refractivity contribution in [3.05, 3.63) is 58.8 Å². The first-order valence-electron chi connectivity index (χ1n) is 6.44. The lowest BCUT2D eigenvalue weighted by molar-refractivity contribution is 0.0600. The van der Waals surface area contributed by atoms with Crippen molar-refractivity contribution in [2.45, 2.75) is 13.8 Å². The van der Waals surface area contributed by atoms with Gasteiger partial charge in [-0.2, -0.15) is 0 Å². The third kappa shape index (κ3) is 3.45. The van der Waals surface area contributed by atoms with Crippen LogP contribution in [0.15, 0.2) is 36.5 Å². The Hall–Kier alpha value is -2.69. The number of esters is 1. The number of methoxy groups -OCH3 is 1. The van der Waals surface area contributed by atoms with E-state index < -0.39 is 5.97 Å². The predicted molar refractivity (Wildman–Crippen MR) is 79.4 cm³/mol. The topological polar surface area (TPSA) is 68.3 Å². The summed E-state index contributed by atoms with van der Waals surface area (Å²) in [6, 6.07) is 8.60. The lowest BCUT2D eigenvalue weighted by atomic mass is 10.1. The maximum atomic E-state index is 12.1. The van der Waals surface area contributed by atoms with Gasteiger partial charge in [0, 0.05) is 11.8 Å². The maximum Gasteiger partial charge on any atom is 0.339 e. The standard InChI is InChI=1S/C16H16N2O3/c1-10-4-5-12(8-11(10)2)15(19)18-14-7-6-13(9-17-14)16(20)21-3/h4-9H,1-3H3,(H,17,18,19). The molecule has 108 valence electrons. The van der Waals surface area contributed by atoms with Crippen LogP contribution < -0.4 is 5.32 Å². The van der Waals surface area contributed by atoms with Crippen molar-refractivity contribution in [3.8, 4) is 0 Å². The molecule has 2 aromatic rings. The number of amides is 1. The van der Waals surface area contributed by atoms with Gasteiger partial charge >= 0.3 is 5.97 Å². The maximum absolute atomic E-state index is 12.1. The Kier molecular flexibility index (Phi) is 4.33. The van der Waals surface area contributed by atoms with Gasteiger partial charge in [-0.25, -0.2) is 9.78 Å². The number of carbonyl (C=O) groups is 2. The molecule has 1 heterocycles. The number of nitrogens with zero attached hydrogens (tertiary/aromatic N) is 1. The molecule has 0 aliphatic heterocycles. The number of carbonyl (C=O) groups excluding carboxylic acids is 2. The van der Waals surface area contributed by atoms with E-state index in [0.29, 0.717) is 16.9 Å². The van der Waals surface area contributed by atoms with E-state index in [1.807, 2.05) is 26.0 Å². The second-order valence-corrected chi connectivity index (χ2v) is 4.68. The average molecular weight is 284 g/mol. The van der Waals surface area contributed by atoms with Gasteiger partial charge in [-0.1, -0.05) is 6.07 Å². The minimum Gasteiger partial charge on any atom is -0.465 e. The highest BCUT2D eigenvalue weighted by molar-refractivity contribution is 6.04. The third-order valence-electron chi connectivity index (χ3n) is 3.20. The highest BCUT2D eigenvalue weighted by Crippen LogP contribution is 2.12. The molecule has 0 atom stereocenters. The summed E-state index contributed by atoms with van der Waals surface area (Å²) in [6.07, 6.45) is 1.36. The van der Waals surface area contributed by atoms with Crippen LogP contribution >= 0.6 is 0 Å². The Morgan fingerprint density at radius 1 is 1.05 bits per heavy atom. The molecule has 2 rings (SSSR count). The van der Waals surface area contributed by atoms with Crippen LogP contribution in [0.5, 0.6) is 0 Å². The molecule has 21 heavy (non-hydrogen) atoms. The lowest BCUT2D eigenvalue weighted by Gasteiger charge is -2.07. The minimum atomic E-state index is -0.463. The van der Waals surface area contributed by atoms with Crippen LogP contribution in [0.2, 0.25) is 0 Å². The molecule has 5 nitrogen and oxygen atoms in total. The zero-order chi connectivity index (χ0) is 15.4. The number of benzene rings is 1. The van der Waals surface area contributed by atoms with Crippen molar-refractivity contribution in [2.75, 3.05) is 12.4 Å². The molecule has 0 fully saturated rings. The molecule has 5 heteroatoms. The van der Waals surface area contributed by atoms with Gasteiger partial charge < -0.3 is 10.1 Å². The van der Waals surface area contributed by atoms with Gasteiger partial charge in [-0.3, -0.25) is 4.79 Å². The fourth-order valence-corrected chi connectivity index (χ4v) is 1.78. The normalized spacial score (nSPS) is 10.0. The monoisotopic (exact) mass is 284 g/mol. The molecular weight excluding hydrogens is 268 g/mol. The third-order valence-corrected chi connectivity index (χ3v) is 3.20. The summed E-state index contributed by atoms with van der Waals surface area (Å²) in [5, 5.41) is 2.69. The van der Waals surface area contributed by atoms with E-state index >= 15 is 0 Å². The first-order valence-corrected chi connectivity index (χ1v) is 6.44. The number of hydrogen-bond acceptors (Lipinski definition) is 4. The van der Waals surface area contributed by atoms with Crippen LogP contribution in [0, 0.1) is 13.8 Å². The molecule has 1 aromatic heterocycles. The Balaban J connectivity index is 2.12. The molecule has 0 aliphatic rings. The number of aromatic nitrogens is 1. The van der Waals surface area contributed by atoms with E-state index in [4.69, 9.17) is 0 Å². The predicted octanol–water partition coefficient (Wildman–Crippen LogP) is 2.74. The molecule has 0 radical (unpaired) electrons. The number of hydrogen-bond donors (Lipinski definition) is 1. The molecule has 1 amide bonds. The van der Waals surface area contributed by atoms with Gasteiger partial charge in [0.25, 0.3) is 5.91 Å². The quantitative estimate of drug-likeness (QED) is 0.880. The number of rotatable bonds is 3. The van der Waals surface area contributed by atoms with Crippen molar-refractivity contribution in [3.63, 3.8) is 0 Å². The van der Waals surface area contributed by atoms with E-state index in [-0.39, 0.29) is 5.91 Å². The summed E-state index contributed by atoms with van der Waals surface area (Å²) in [5.41, 5.74) is 3.09. The van der Waals surface area contributed by atoms with Crippen LogP contribution in [0.25, 0.3) is 0 Å². The molecular formula is C16H16N2O3. The van der Waals surface area contributed by atoms with Crippen LogP contribution in [0.4, 0.5) is 5.82 Å². The fourth-order valence-electron chi connectivity index (χ4n) is 1.78. The minimum absolute atomic E-state index is 0.239. The summed E-state index contributed by atoms with van der Waals surface area (Å²) in [4.78, 5) is 27.4. The average Bonchev–Trinajstić information content (AvgIpc) is 2.50. The Bertz CT molecular complexity index is 678. The number of nitrogens with one attached hydrogen (secondary N) is 1. The molecule has 0 spiro atoms. The van der Waals surface area contributed by atoms with Gasteiger partial charge in [0.15, 0.2) is 0 Å². The van der Waals surface area contributed by atoms with E-state index in [0.717, 1.165) is 11.1 Å². The van der Waals surface area contributed by atoms with E-state index in [2.05, 4.69) is 15.0 Å². The van der Waals surface area contributed by atoms with Gasteiger partial charge in [0.2, 0.25) is 0 Å². The Labute approximate surface area is 123 Å². The van der Waals surface area contributed by atoms with Crippen LogP contribution in [0.3, 0.4) is 0 Å². The highest BCUT2D eigenvalue weighted by Gasteiger charge is 2.09. The number of anilines is 1. The molecule has 0 bridgehead atoms. The van der Waals surface area contributed by atoms with Crippen LogP contribution in [-0.4, -0.2) is 24.0 Å². The van der Waals surface area contributed by atoms with E-state index in [9.17, 15) is 9.59 Å². The van der Waals surface area contributed by atoms with Crippen molar-refractivity contribution >= 4 is 17.7 Å².